The van der Waals surface area contributed by atoms with E-state index in [9.17, 15) is 14.4 Å². The summed E-state index contributed by atoms with van der Waals surface area (Å²) >= 11 is 0. The quantitative estimate of drug-likeness (QED) is 0.516. The number of methoxy groups -OCH3 is 2. The van der Waals surface area contributed by atoms with Gasteiger partial charge in [0.2, 0.25) is 11.8 Å². The molecule has 3 rings (SSSR count). The molecule has 0 aliphatic heterocycles. The normalized spacial score (nSPS) is 11.6. The van der Waals surface area contributed by atoms with E-state index in [1.165, 1.54) is 32.0 Å². The second-order valence-electron chi connectivity index (χ2n) is 7.67. The van der Waals surface area contributed by atoms with Gasteiger partial charge in [-0.2, -0.15) is 0 Å². The minimum absolute atomic E-state index is 0.124. The van der Waals surface area contributed by atoms with Crippen LogP contribution in [0.4, 0.5) is 5.69 Å². The van der Waals surface area contributed by atoms with Gasteiger partial charge in [0.15, 0.2) is 11.5 Å². The number of rotatable bonds is 9. The van der Waals surface area contributed by atoms with E-state index in [1.54, 1.807) is 18.2 Å². The molecule has 0 spiro atoms. The number of nitrogens with one attached hydrogen (secondary N) is 2. The lowest BCUT2D eigenvalue weighted by molar-refractivity contribution is -0.122. The van der Waals surface area contributed by atoms with Crippen LogP contribution >= 0.6 is 0 Å². The zero-order chi connectivity index (χ0) is 24.0. The summed E-state index contributed by atoms with van der Waals surface area (Å²) in [6, 6.07) is 10.4. The summed E-state index contributed by atoms with van der Waals surface area (Å²) < 4.78 is 12.0. The predicted octanol–water partition coefficient (Wildman–Crippen LogP) is 3.03. The fourth-order valence-electron chi connectivity index (χ4n) is 3.54. The van der Waals surface area contributed by atoms with E-state index in [1.807, 2.05) is 25.1 Å². The molecule has 0 aliphatic rings. The lowest BCUT2D eigenvalue weighted by Gasteiger charge is -2.16. The van der Waals surface area contributed by atoms with Gasteiger partial charge in [-0.25, -0.2) is 4.98 Å². The highest BCUT2D eigenvalue weighted by Gasteiger charge is 2.13. The summed E-state index contributed by atoms with van der Waals surface area (Å²) in [7, 11) is 3.03. The Morgan fingerprint density at radius 1 is 1.12 bits per heavy atom. The number of hydrogen-bond donors (Lipinski definition) is 2. The molecule has 1 heterocycles. The molecular formula is C24H28N4O5. The fraction of sp³-hybridized carbons (Fsp3) is 0.333. The maximum Gasteiger partial charge on any atom is 0.261 e. The van der Waals surface area contributed by atoms with Gasteiger partial charge >= 0.3 is 0 Å². The number of hydrogen-bond acceptors (Lipinski definition) is 6. The molecule has 1 atom stereocenters. The Hall–Kier alpha value is -3.88. The first-order chi connectivity index (χ1) is 15.8. The first-order valence-corrected chi connectivity index (χ1v) is 10.6. The summed E-state index contributed by atoms with van der Waals surface area (Å²) in [5.74, 6) is 0.682. The summed E-state index contributed by atoms with van der Waals surface area (Å²) in [4.78, 5) is 40.8. The van der Waals surface area contributed by atoms with Crippen molar-refractivity contribution in [3.05, 3.63) is 58.6 Å². The number of benzene rings is 2. The van der Waals surface area contributed by atoms with Crippen molar-refractivity contribution in [2.45, 2.75) is 39.3 Å². The summed E-state index contributed by atoms with van der Waals surface area (Å²) in [6.07, 6.45) is 2.21. The van der Waals surface area contributed by atoms with Gasteiger partial charge in [-0.1, -0.05) is 12.1 Å². The van der Waals surface area contributed by atoms with E-state index in [0.717, 1.165) is 5.56 Å². The third kappa shape index (κ3) is 5.88. The van der Waals surface area contributed by atoms with Crippen LogP contribution in [0.3, 0.4) is 0 Å². The zero-order valence-electron chi connectivity index (χ0n) is 19.2. The van der Waals surface area contributed by atoms with Crippen LogP contribution in [0.25, 0.3) is 10.9 Å². The van der Waals surface area contributed by atoms with Crippen molar-refractivity contribution in [1.29, 1.82) is 0 Å². The minimum Gasteiger partial charge on any atom is -0.493 e. The van der Waals surface area contributed by atoms with Crippen LogP contribution in [0.2, 0.25) is 0 Å². The molecule has 1 unspecified atom stereocenters. The van der Waals surface area contributed by atoms with Crippen LogP contribution in [0, 0.1) is 0 Å². The summed E-state index contributed by atoms with van der Waals surface area (Å²) in [5, 5.41) is 6.11. The van der Waals surface area contributed by atoms with E-state index in [-0.39, 0.29) is 29.8 Å². The number of anilines is 1. The molecule has 0 fully saturated rings. The van der Waals surface area contributed by atoms with Crippen LogP contribution in [0.1, 0.15) is 38.3 Å². The van der Waals surface area contributed by atoms with Gasteiger partial charge in [-0.3, -0.25) is 19.0 Å². The Kier molecular flexibility index (Phi) is 7.66. The standard InChI is InChI=1S/C24H28N4O5/c1-15(17-7-5-8-18(11-17)27-16(2)29)26-23(30)9-6-10-28-14-25-20-13-22(33-4)21(32-3)12-19(20)24(28)31/h5,7-8,11-15H,6,9-10H2,1-4H3,(H,26,30)(H,27,29). The van der Waals surface area contributed by atoms with Gasteiger partial charge < -0.3 is 20.1 Å². The number of ether oxygens (including phenoxy) is 2. The number of aryl methyl sites for hydroxylation is 1. The highest BCUT2D eigenvalue weighted by Crippen LogP contribution is 2.29. The predicted molar refractivity (Wildman–Crippen MR) is 126 cm³/mol. The smallest absolute Gasteiger partial charge is 0.261 e. The number of fused-ring (bicyclic) bond motifs is 1. The molecule has 174 valence electrons. The first kappa shape index (κ1) is 23.8. The Bertz CT molecular complexity index is 1220. The molecule has 0 radical (unpaired) electrons. The molecule has 2 N–H and O–H groups in total. The van der Waals surface area contributed by atoms with E-state index in [4.69, 9.17) is 9.47 Å². The minimum atomic E-state index is -0.223. The molecule has 0 saturated heterocycles. The van der Waals surface area contributed by atoms with E-state index < -0.39 is 0 Å². The molecule has 33 heavy (non-hydrogen) atoms. The van der Waals surface area contributed by atoms with Crippen LogP contribution in [0.5, 0.6) is 11.5 Å². The Morgan fingerprint density at radius 2 is 1.85 bits per heavy atom. The van der Waals surface area contributed by atoms with Crippen molar-refractivity contribution >= 4 is 28.4 Å². The third-order valence-electron chi connectivity index (χ3n) is 5.22. The molecule has 0 aliphatic carbocycles. The average Bonchev–Trinajstić information content (AvgIpc) is 2.79. The average molecular weight is 453 g/mol. The molecule has 2 aromatic carbocycles. The molecule has 3 aromatic rings. The van der Waals surface area contributed by atoms with Crippen LogP contribution in [-0.2, 0) is 16.1 Å². The van der Waals surface area contributed by atoms with E-state index >= 15 is 0 Å². The van der Waals surface area contributed by atoms with Gasteiger partial charge in [0.05, 0.1) is 37.5 Å². The second kappa shape index (κ2) is 10.6. The van der Waals surface area contributed by atoms with Crippen LogP contribution in [0.15, 0.2) is 47.5 Å². The molecule has 1 aromatic heterocycles. The number of amides is 2. The third-order valence-corrected chi connectivity index (χ3v) is 5.22. The monoisotopic (exact) mass is 452 g/mol. The number of aromatic nitrogens is 2. The number of nitrogens with zero attached hydrogens (tertiary/aromatic N) is 2. The molecule has 0 bridgehead atoms. The largest absolute Gasteiger partial charge is 0.493 e. The van der Waals surface area contributed by atoms with Gasteiger partial charge in [0.1, 0.15) is 0 Å². The maximum atomic E-state index is 12.8. The van der Waals surface area contributed by atoms with Crippen molar-refractivity contribution in [3.8, 4) is 11.5 Å². The Balaban J connectivity index is 1.60. The molecular weight excluding hydrogens is 424 g/mol. The topological polar surface area (TPSA) is 112 Å². The summed E-state index contributed by atoms with van der Waals surface area (Å²) in [6.45, 7) is 3.68. The van der Waals surface area contributed by atoms with Gasteiger partial charge in [-0.15, -0.1) is 0 Å². The van der Waals surface area contributed by atoms with Crippen molar-refractivity contribution in [3.63, 3.8) is 0 Å². The Labute approximate surface area is 191 Å². The molecule has 9 heteroatoms. The van der Waals surface area contributed by atoms with Crippen molar-refractivity contribution in [1.82, 2.24) is 14.9 Å². The van der Waals surface area contributed by atoms with Gasteiger partial charge in [-0.05, 0) is 37.1 Å². The van der Waals surface area contributed by atoms with Crippen molar-refractivity contribution in [2.24, 2.45) is 0 Å². The van der Waals surface area contributed by atoms with E-state index in [0.29, 0.717) is 41.1 Å². The Morgan fingerprint density at radius 3 is 2.55 bits per heavy atom. The fourth-order valence-corrected chi connectivity index (χ4v) is 3.54. The molecule has 2 amide bonds. The number of carbonyl (C=O) groups excluding carboxylic acids is 2. The highest BCUT2D eigenvalue weighted by molar-refractivity contribution is 5.88. The van der Waals surface area contributed by atoms with Crippen molar-refractivity contribution < 1.29 is 19.1 Å². The molecule has 0 saturated carbocycles. The van der Waals surface area contributed by atoms with Gasteiger partial charge in [0.25, 0.3) is 5.56 Å². The van der Waals surface area contributed by atoms with E-state index in [2.05, 4.69) is 15.6 Å². The van der Waals surface area contributed by atoms with Gasteiger partial charge in [0, 0.05) is 31.6 Å². The molecule has 9 nitrogen and oxygen atoms in total. The maximum absolute atomic E-state index is 12.8. The van der Waals surface area contributed by atoms with Crippen molar-refractivity contribution in [2.75, 3.05) is 19.5 Å². The first-order valence-electron chi connectivity index (χ1n) is 10.6. The lowest BCUT2D eigenvalue weighted by Crippen LogP contribution is -2.27. The summed E-state index contributed by atoms with van der Waals surface area (Å²) in [5.41, 5.74) is 1.87. The lowest BCUT2D eigenvalue weighted by atomic mass is 10.1. The zero-order valence-corrected chi connectivity index (χ0v) is 19.2. The van der Waals surface area contributed by atoms with Crippen LogP contribution in [-0.4, -0.2) is 35.6 Å². The van der Waals surface area contributed by atoms with Crippen LogP contribution < -0.4 is 25.7 Å². The highest BCUT2D eigenvalue weighted by atomic mass is 16.5. The number of carbonyl (C=O) groups is 2. The second-order valence-corrected chi connectivity index (χ2v) is 7.67. The SMILES string of the molecule is COc1cc2ncn(CCCC(=O)NC(C)c3cccc(NC(C)=O)c3)c(=O)c2cc1OC.